The van der Waals surface area contributed by atoms with E-state index in [1.807, 2.05) is 81.4 Å². The molecule has 0 heterocycles. The van der Waals surface area contributed by atoms with Crippen LogP contribution in [0, 0.1) is 6.92 Å². The monoisotopic (exact) mass is 705 g/mol. The molecular formula is C36H40BrN3O5S. The summed E-state index contributed by atoms with van der Waals surface area (Å²) >= 11 is 3.39. The molecule has 10 heteroatoms. The molecule has 0 aromatic heterocycles. The van der Waals surface area contributed by atoms with E-state index in [4.69, 9.17) is 4.74 Å². The van der Waals surface area contributed by atoms with Gasteiger partial charge in [-0.15, -0.1) is 0 Å². The number of amides is 2. The maximum Gasteiger partial charge on any atom is 0.264 e. The topological polar surface area (TPSA) is 96.0 Å². The molecule has 0 radical (unpaired) electrons. The zero-order valence-corrected chi connectivity index (χ0v) is 28.9. The lowest BCUT2D eigenvalue weighted by Crippen LogP contribution is -2.54. The van der Waals surface area contributed by atoms with Gasteiger partial charge in [0.15, 0.2) is 0 Å². The van der Waals surface area contributed by atoms with Crippen LogP contribution < -0.4 is 14.4 Å². The number of hydrogen-bond acceptors (Lipinski definition) is 5. The minimum atomic E-state index is -4.24. The van der Waals surface area contributed by atoms with E-state index in [-0.39, 0.29) is 29.8 Å². The molecule has 4 aromatic carbocycles. The largest absolute Gasteiger partial charge is 0.496 e. The Hall–Kier alpha value is -4.15. The summed E-state index contributed by atoms with van der Waals surface area (Å²) in [5.41, 5.74) is 2.96. The van der Waals surface area contributed by atoms with E-state index in [2.05, 4.69) is 21.2 Å². The first kappa shape index (κ1) is 34.7. The van der Waals surface area contributed by atoms with Crippen molar-refractivity contribution in [2.24, 2.45) is 0 Å². The minimum Gasteiger partial charge on any atom is -0.496 e. The lowest BCUT2D eigenvalue weighted by molar-refractivity contribution is -0.140. The van der Waals surface area contributed by atoms with Crippen molar-refractivity contribution in [3.05, 3.63) is 124 Å². The number of halogens is 1. The van der Waals surface area contributed by atoms with Gasteiger partial charge in [0.1, 0.15) is 18.3 Å². The van der Waals surface area contributed by atoms with Crippen molar-refractivity contribution < 1.29 is 22.7 Å². The molecule has 0 aliphatic heterocycles. The first-order chi connectivity index (χ1) is 22.0. The van der Waals surface area contributed by atoms with Gasteiger partial charge in [0.05, 0.1) is 22.2 Å². The van der Waals surface area contributed by atoms with Gasteiger partial charge in [0.25, 0.3) is 10.0 Å². The van der Waals surface area contributed by atoms with E-state index < -0.39 is 28.5 Å². The zero-order valence-electron chi connectivity index (χ0n) is 26.5. The molecule has 0 spiro atoms. The highest BCUT2D eigenvalue weighted by Gasteiger charge is 2.35. The molecular weight excluding hydrogens is 666 g/mol. The zero-order chi connectivity index (χ0) is 33.3. The van der Waals surface area contributed by atoms with Crippen molar-refractivity contribution in [1.82, 2.24) is 10.2 Å². The second kappa shape index (κ2) is 15.9. The van der Waals surface area contributed by atoms with Gasteiger partial charge in [0.2, 0.25) is 11.8 Å². The summed E-state index contributed by atoms with van der Waals surface area (Å²) in [7, 11) is -2.75. The molecule has 46 heavy (non-hydrogen) atoms. The number of hydrogen-bond donors (Lipinski definition) is 1. The molecule has 0 saturated carbocycles. The average Bonchev–Trinajstić information content (AvgIpc) is 3.06. The summed E-state index contributed by atoms with van der Waals surface area (Å²) in [6.07, 6.45) is 0.970. The van der Waals surface area contributed by atoms with Crippen LogP contribution in [-0.2, 0) is 32.6 Å². The van der Waals surface area contributed by atoms with Crippen LogP contribution in [0.15, 0.2) is 112 Å². The Morgan fingerprint density at radius 1 is 0.891 bits per heavy atom. The molecule has 0 bridgehead atoms. The molecule has 0 aliphatic rings. The van der Waals surface area contributed by atoms with Gasteiger partial charge in [-0.3, -0.25) is 13.9 Å². The van der Waals surface area contributed by atoms with Gasteiger partial charge < -0.3 is 15.0 Å². The lowest BCUT2D eigenvalue weighted by atomic mass is 10.0. The van der Waals surface area contributed by atoms with Crippen molar-refractivity contribution in [3.8, 4) is 5.75 Å². The minimum absolute atomic E-state index is 0.0153. The number of sulfonamides is 1. The number of anilines is 1. The number of nitrogens with zero attached hydrogens (tertiary/aromatic N) is 2. The average molecular weight is 707 g/mol. The Kier molecular flexibility index (Phi) is 12.0. The predicted molar refractivity (Wildman–Crippen MR) is 185 cm³/mol. The van der Waals surface area contributed by atoms with Crippen molar-refractivity contribution in [3.63, 3.8) is 0 Å². The van der Waals surface area contributed by atoms with Crippen LogP contribution in [-0.4, -0.2) is 50.9 Å². The summed E-state index contributed by atoms with van der Waals surface area (Å²) in [6.45, 7) is 5.39. The van der Waals surface area contributed by atoms with Crippen molar-refractivity contribution >= 4 is 43.5 Å². The predicted octanol–water partition coefficient (Wildman–Crippen LogP) is 6.52. The summed E-state index contributed by atoms with van der Waals surface area (Å²) in [4.78, 5) is 29.9. The SMILES string of the molecule is CC[C@H](C)NC(=O)[C@@H](Cc1ccccc1)N(Cc1ccccc1)C(=O)CN(c1ccc(C)cc1)S(=O)(=O)c1ccc(OC)c(Br)c1. The number of nitrogens with one attached hydrogen (secondary N) is 1. The van der Waals surface area contributed by atoms with Crippen LogP contribution in [0.4, 0.5) is 5.69 Å². The maximum atomic E-state index is 14.5. The van der Waals surface area contributed by atoms with E-state index in [1.165, 1.54) is 24.1 Å². The summed E-state index contributed by atoms with van der Waals surface area (Å²) in [5.74, 6) is -0.339. The van der Waals surface area contributed by atoms with Crippen LogP contribution in [0.3, 0.4) is 0 Å². The second-order valence-corrected chi connectivity index (χ2v) is 13.9. The van der Waals surface area contributed by atoms with Crippen LogP contribution in [0.25, 0.3) is 0 Å². The van der Waals surface area contributed by atoms with Crippen LogP contribution in [0.5, 0.6) is 5.75 Å². The second-order valence-electron chi connectivity index (χ2n) is 11.2. The molecule has 8 nitrogen and oxygen atoms in total. The third kappa shape index (κ3) is 8.76. The molecule has 0 saturated heterocycles. The molecule has 0 unspecified atom stereocenters. The van der Waals surface area contributed by atoms with Crippen molar-refractivity contribution in [2.45, 2.75) is 57.1 Å². The summed E-state index contributed by atoms with van der Waals surface area (Å²) < 4.78 is 35.4. The summed E-state index contributed by atoms with van der Waals surface area (Å²) in [6, 6.07) is 29.3. The Bertz CT molecular complexity index is 1720. The normalized spacial score (nSPS) is 12.5. The smallest absolute Gasteiger partial charge is 0.264 e. The number of carbonyl (C=O) groups excluding carboxylic acids is 2. The van der Waals surface area contributed by atoms with E-state index >= 15 is 0 Å². The van der Waals surface area contributed by atoms with Gasteiger partial charge in [-0.25, -0.2) is 8.42 Å². The van der Waals surface area contributed by atoms with Gasteiger partial charge in [-0.2, -0.15) is 0 Å². The third-order valence-corrected chi connectivity index (χ3v) is 10.2. The van der Waals surface area contributed by atoms with Gasteiger partial charge >= 0.3 is 0 Å². The molecule has 0 aliphatic carbocycles. The Balaban J connectivity index is 1.80. The first-order valence-electron chi connectivity index (χ1n) is 15.1. The summed E-state index contributed by atoms with van der Waals surface area (Å²) in [5, 5.41) is 3.05. The van der Waals surface area contributed by atoms with Gasteiger partial charge in [0, 0.05) is 19.0 Å². The molecule has 242 valence electrons. The maximum absolute atomic E-state index is 14.5. The Labute approximate surface area is 280 Å². The highest BCUT2D eigenvalue weighted by atomic mass is 79.9. The van der Waals surface area contributed by atoms with Crippen LogP contribution >= 0.6 is 15.9 Å². The Morgan fingerprint density at radius 2 is 1.50 bits per heavy atom. The number of carbonyl (C=O) groups is 2. The standard InChI is InChI=1S/C36H40BrN3O5S/c1-5-27(3)38-36(42)33(22-28-12-8-6-9-13-28)39(24-29-14-10-7-11-15-29)35(41)25-40(30-18-16-26(2)17-19-30)46(43,44)31-20-21-34(45-4)32(37)23-31/h6-21,23,27,33H,5,22,24-25H2,1-4H3,(H,38,42)/t27-,33+/m0/s1. The molecule has 0 fully saturated rings. The Morgan fingerprint density at radius 3 is 2.07 bits per heavy atom. The van der Waals surface area contributed by atoms with E-state index in [1.54, 1.807) is 30.3 Å². The molecule has 2 atom stereocenters. The molecule has 1 N–H and O–H groups in total. The highest BCUT2D eigenvalue weighted by Crippen LogP contribution is 2.31. The molecule has 4 aromatic rings. The number of ether oxygens (including phenoxy) is 1. The quantitative estimate of drug-likeness (QED) is 0.161. The third-order valence-electron chi connectivity index (χ3n) is 7.78. The number of benzene rings is 4. The number of aryl methyl sites for hydroxylation is 1. The van der Waals surface area contributed by atoms with Crippen LogP contribution in [0.2, 0.25) is 0 Å². The number of methoxy groups -OCH3 is 1. The number of rotatable bonds is 14. The molecule has 4 rings (SSSR count). The van der Waals surface area contributed by atoms with E-state index in [9.17, 15) is 18.0 Å². The van der Waals surface area contributed by atoms with E-state index in [0.717, 1.165) is 21.0 Å². The van der Waals surface area contributed by atoms with Crippen molar-refractivity contribution in [1.29, 1.82) is 0 Å². The fourth-order valence-corrected chi connectivity index (χ4v) is 7.08. The van der Waals surface area contributed by atoms with E-state index in [0.29, 0.717) is 22.3 Å². The van der Waals surface area contributed by atoms with Crippen molar-refractivity contribution in [2.75, 3.05) is 18.0 Å². The van der Waals surface area contributed by atoms with Gasteiger partial charge in [-0.1, -0.05) is 85.3 Å². The highest BCUT2D eigenvalue weighted by molar-refractivity contribution is 9.10. The first-order valence-corrected chi connectivity index (χ1v) is 17.4. The molecule has 2 amide bonds. The fraction of sp³-hybridized carbons (Fsp3) is 0.278. The van der Waals surface area contributed by atoms with Gasteiger partial charge in [-0.05, 0) is 77.7 Å². The lowest BCUT2D eigenvalue weighted by Gasteiger charge is -2.34. The fourth-order valence-electron chi connectivity index (χ4n) is 4.95. The van der Waals surface area contributed by atoms with Crippen LogP contribution in [0.1, 0.15) is 37.0 Å².